The van der Waals surface area contributed by atoms with E-state index < -0.39 is 4.92 Å². The number of quaternary nitrogens is 1. The Labute approximate surface area is 158 Å². The molecule has 3 aromatic rings. The summed E-state index contributed by atoms with van der Waals surface area (Å²) in [6.45, 7) is 3.26. The highest BCUT2D eigenvalue weighted by atomic mass is 32.1. The van der Waals surface area contributed by atoms with Crippen LogP contribution in [-0.4, -0.2) is 48.9 Å². The van der Waals surface area contributed by atoms with E-state index >= 15 is 0 Å². The molecule has 0 bridgehead atoms. The number of aryl methyl sites for hydroxylation is 1. The second-order valence-electron chi connectivity index (χ2n) is 6.81. The maximum absolute atomic E-state index is 11.0. The molecule has 0 radical (unpaired) electrons. The predicted molar refractivity (Wildman–Crippen MR) is 98.1 cm³/mol. The lowest BCUT2D eigenvalue weighted by molar-refractivity contribution is -0.931. The van der Waals surface area contributed by atoms with Gasteiger partial charge in [0.25, 0.3) is 5.69 Å². The fraction of sp³-hybridized carbons (Fsp3) is 0.412. The Morgan fingerprint density at radius 2 is 2.00 bits per heavy atom. The number of benzene rings is 1. The number of thiazole rings is 1. The molecule has 2 aromatic heterocycles. The Balaban J connectivity index is 1.78. The molecule has 1 aliphatic rings. The number of fused-ring (bicyclic) bond motifs is 1. The number of non-ortho nitro benzene ring substituents is 1. The topological polar surface area (TPSA) is 118 Å². The molecule has 1 aromatic carbocycles. The quantitative estimate of drug-likeness (QED) is 0.449. The van der Waals surface area contributed by atoms with E-state index in [9.17, 15) is 20.3 Å². The number of aromatic nitrogens is 3. The molecular weight excluding hydrogens is 370 g/mol. The van der Waals surface area contributed by atoms with Gasteiger partial charge in [-0.25, -0.2) is 4.98 Å². The Morgan fingerprint density at radius 1 is 1.33 bits per heavy atom. The number of nitro groups is 1. The molecule has 3 N–H and O–H groups in total. The van der Waals surface area contributed by atoms with Gasteiger partial charge in [-0.1, -0.05) is 11.3 Å². The average Bonchev–Trinajstić information content (AvgIpc) is 3.15. The van der Waals surface area contributed by atoms with Crippen molar-refractivity contribution < 1.29 is 20.0 Å². The lowest BCUT2D eigenvalue weighted by Crippen LogP contribution is -3.13. The SMILES string of the molecule is Cc1nc2sc([C@H](c3ccc([N+](=O)[O-])cc3)[NH+]3CCC(O)CC3)c(O)n2n1. The summed E-state index contributed by atoms with van der Waals surface area (Å²) < 4.78 is 1.44. The molecule has 0 saturated carbocycles. The predicted octanol–water partition coefficient (Wildman–Crippen LogP) is 0.842. The number of hydrogen-bond donors (Lipinski definition) is 3. The highest BCUT2D eigenvalue weighted by molar-refractivity contribution is 7.17. The van der Waals surface area contributed by atoms with Gasteiger partial charge in [0.1, 0.15) is 10.7 Å². The standard InChI is InChI=1S/C17H19N5O4S/c1-10-18-17-21(19-10)16(24)15(27-17)14(20-8-6-13(23)7-9-20)11-2-4-12(5-3-11)22(25)26/h2-5,13-14,23-24H,6-9H2,1H3/p+1/t14-/m0/s1. The van der Waals surface area contributed by atoms with Crippen LogP contribution in [-0.2, 0) is 0 Å². The molecule has 1 fully saturated rings. The number of nitro benzene ring substituents is 1. The second kappa shape index (κ2) is 6.87. The fourth-order valence-electron chi connectivity index (χ4n) is 3.66. The number of aliphatic hydroxyl groups excluding tert-OH is 1. The van der Waals surface area contributed by atoms with Crippen molar-refractivity contribution >= 4 is 22.0 Å². The third-order valence-corrected chi connectivity index (χ3v) is 6.10. The summed E-state index contributed by atoms with van der Waals surface area (Å²) in [5, 5.41) is 35.8. The highest BCUT2D eigenvalue weighted by Crippen LogP contribution is 2.35. The molecular formula is C17H20N5O4S+. The maximum atomic E-state index is 11.0. The number of nitrogens with one attached hydrogen (secondary N) is 1. The molecule has 0 spiro atoms. The van der Waals surface area contributed by atoms with Crippen LogP contribution in [0.2, 0.25) is 0 Å². The summed E-state index contributed by atoms with van der Waals surface area (Å²) in [7, 11) is 0. The van der Waals surface area contributed by atoms with Crippen molar-refractivity contribution in [2.75, 3.05) is 13.1 Å². The summed E-state index contributed by atoms with van der Waals surface area (Å²) in [6, 6.07) is 6.24. The third kappa shape index (κ3) is 3.27. The van der Waals surface area contributed by atoms with Crippen molar-refractivity contribution in [1.82, 2.24) is 14.6 Å². The van der Waals surface area contributed by atoms with Gasteiger partial charge in [0.05, 0.1) is 24.1 Å². The van der Waals surface area contributed by atoms with Crippen molar-refractivity contribution in [2.45, 2.75) is 31.9 Å². The zero-order valence-electron chi connectivity index (χ0n) is 14.7. The van der Waals surface area contributed by atoms with Crippen LogP contribution < -0.4 is 4.90 Å². The smallest absolute Gasteiger partial charge is 0.269 e. The van der Waals surface area contributed by atoms with Crippen molar-refractivity contribution in [3.05, 3.63) is 50.6 Å². The third-order valence-electron chi connectivity index (χ3n) is 5.01. The minimum absolute atomic E-state index is 0.0315. The van der Waals surface area contributed by atoms with Gasteiger partial charge in [-0.05, 0) is 19.1 Å². The van der Waals surface area contributed by atoms with Gasteiger partial charge in [-0.15, -0.1) is 5.10 Å². The summed E-state index contributed by atoms with van der Waals surface area (Å²) in [4.78, 5) is 17.4. The van der Waals surface area contributed by atoms with E-state index in [4.69, 9.17) is 0 Å². The average molecular weight is 390 g/mol. The maximum Gasteiger partial charge on any atom is 0.269 e. The van der Waals surface area contributed by atoms with Gasteiger partial charge in [0, 0.05) is 30.5 Å². The Morgan fingerprint density at radius 3 is 2.59 bits per heavy atom. The Bertz CT molecular complexity index is 975. The van der Waals surface area contributed by atoms with Crippen LogP contribution in [0.3, 0.4) is 0 Å². The lowest BCUT2D eigenvalue weighted by atomic mass is 9.99. The molecule has 27 heavy (non-hydrogen) atoms. The number of aliphatic hydroxyl groups is 1. The lowest BCUT2D eigenvalue weighted by Gasteiger charge is -2.32. The first-order valence-electron chi connectivity index (χ1n) is 8.76. The zero-order chi connectivity index (χ0) is 19.1. The Kier molecular flexibility index (Phi) is 4.54. The number of aromatic hydroxyl groups is 1. The summed E-state index contributed by atoms with van der Waals surface area (Å²) >= 11 is 1.37. The van der Waals surface area contributed by atoms with Crippen LogP contribution in [0.4, 0.5) is 5.69 Å². The number of hydrogen-bond acceptors (Lipinski definition) is 7. The second-order valence-corrected chi connectivity index (χ2v) is 7.82. The largest absolute Gasteiger partial charge is 0.492 e. The number of piperidine rings is 1. The van der Waals surface area contributed by atoms with Gasteiger partial charge in [-0.3, -0.25) is 10.1 Å². The van der Waals surface area contributed by atoms with Gasteiger partial charge < -0.3 is 15.1 Å². The molecule has 0 amide bonds. The molecule has 142 valence electrons. The first-order chi connectivity index (χ1) is 12.9. The number of nitrogens with zero attached hydrogens (tertiary/aromatic N) is 4. The van der Waals surface area contributed by atoms with Crippen LogP contribution in [0.25, 0.3) is 4.96 Å². The zero-order valence-corrected chi connectivity index (χ0v) is 15.5. The van der Waals surface area contributed by atoms with Crippen LogP contribution in [0.15, 0.2) is 24.3 Å². The van der Waals surface area contributed by atoms with E-state index in [0.29, 0.717) is 23.6 Å². The van der Waals surface area contributed by atoms with E-state index in [1.807, 2.05) is 0 Å². The molecule has 0 unspecified atom stereocenters. The summed E-state index contributed by atoms with van der Waals surface area (Å²) in [5.41, 5.74) is 0.910. The fourth-order valence-corrected chi connectivity index (χ4v) is 4.85. The molecule has 9 nitrogen and oxygen atoms in total. The van der Waals surface area contributed by atoms with Crippen molar-refractivity contribution in [1.29, 1.82) is 0 Å². The van der Waals surface area contributed by atoms with Crippen molar-refractivity contribution in [2.24, 2.45) is 0 Å². The number of likely N-dealkylation sites (tertiary alicyclic amines) is 1. The molecule has 10 heteroatoms. The van der Waals surface area contributed by atoms with Crippen LogP contribution in [0.5, 0.6) is 5.88 Å². The van der Waals surface area contributed by atoms with E-state index in [1.165, 1.54) is 32.9 Å². The summed E-state index contributed by atoms with van der Waals surface area (Å²) in [5.74, 6) is 0.640. The molecule has 1 saturated heterocycles. The first-order valence-corrected chi connectivity index (χ1v) is 9.57. The normalized spacial score (nSPS) is 21.4. The van der Waals surface area contributed by atoms with Crippen LogP contribution >= 0.6 is 11.3 Å². The van der Waals surface area contributed by atoms with E-state index in [0.717, 1.165) is 23.5 Å². The van der Waals surface area contributed by atoms with Crippen molar-refractivity contribution in [3.63, 3.8) is 0 Å². The van der Waals surface area contributed by atoms with Crippen LogP contribution in [0, 0.1) is 17.0 Å². The molecule has 0 aliphatic carbocycles. The van der Waals surface area contributed by atoms with E-state index in [1.54, 1.807) is 19.1 Å². The molecule has 1 aliphatic heterocycles. The molecule has 4 rings (SSSR count). The van der Waals surface area contributed by atoms with Gasteiger partial charge in [0.2, 0.25) is 10.8 Å². The summed E-state index contributed by atoms with van der Waals surface area (Å²) in [6.07, 6.45) is 1.06. The van der Waals surface area contributed by atoms with E-state index in [-0.39, 0.29) is 23.7 Å². The minimum atomic E-state index is -0.424. The molecule has 3 heterocycles. The van der Waals surface area contributed by atoms with Crippen molar-refractivity contribution in [3.8, 4) is 5.88 Å². The minimum Gasteiger partial charge on any atom is -0.492 e. The van der Waals surface area contributed by atoms with Gasteiger partial charge in [-0.2, -0.15) is 4.52 Å². The van der Waals surface area contributed by atoms with Crippen LogP contribution in [0.1, 0.15) is 35.1 Å². The van der Waals surface area contributed by atoms with E-state index in [2.05, 4.69) is 10.1 Å². The Hall–Kier alpha value is -2.56. The number of rotatable bonds is 4. The van der Waals surface area contributed by atoms with Gasteiger partial charge in [0.15, 0.2) is 6.04 Å². The molecule has 1 atom stereocenters. The highest BCUT2D eigenvalue weighted by Gasteiger charge is 2.35. The van der Waals surface area contributed by atoms with Gasteiger partial charge >= 0.3 is 0 Å². The monoisotopic (exact) mass is 390 g/mol. The first kappa shape index (κ1) is 17.8.